The van der Waals surface area contributed by atoms with Gasteiger partial charge in [0.05, 0.1) is 5.51 Å². The minimum atomic E-state index is -0.433. The fraction of sp³-hybridized carbons (Fsp3) is 0.692. The molecule has 1 aliphatic rings. The Balaban J connectivity index is 1.60. The summed E-state index contributed by atoms with van der Waals surface area (Å²) < 4.78 is 5.22. The number of rotatable bonds is 4. The normalized spacial score (nSPS) is 22.7. The molecule has 0 bridgehead atoms. The van der Waals surface area contributed by atoms with Crippen LogP contribution in [0.2, 0.25) is 0 Å². The molecule has 19 heavy (non-hydrogen) atoms. The number of nitrogens with zero attached hydrogens (tertiary/aromatic N) is 1. The van der Waals surface area contributed by atoms with Crippen molar-refractivity contribution in [2.75, 3.05) is 0 Å². The molecule has 5 nitrogen and oxygen atoms in total. The summed E-state index contributed by atoms with van der Waals surface area (Å²) >= 11 is 1.65. The van der Waals surface area contributed by atoms with Crippen LogP contribution in [0.4, 0.5) is 4.79 Å². The van der Waals surface area contributed by atoms with E-state index in [4.69, 9.17) is 4.74 Å². The van der Waals surface area contributed by atoms with Gasteiger partial charge in [0.25, 0.3) is 0 Å². The zero-order valence-corrected chi connectivity index (χ0v) is 12.4. The predicted molar refractivity (Wildman–Crippen MR) is 75.1 cm³/mol. The number of hydrogen-bond acceptors (Lipinski definition) is 5. The number of hydrogen-bond donors (Lipinski definition) is 2. The van der Waals surface area contributed by atoms with Crippen molar-refractivity contribution in [1.29, 1.82) is 0 Å². The van der Waals surface area contributed by atoms with E-state index in [9.17, 15) is 4.79 Å². The monoisotopic (exact) mass is 283 g/mol. The standard InChI is InChI=1S/C13H21N3O2S/c1-13(2,3)18-12(17)16-10-4-9(5-10)15-7-11-6-14-8-19-11/h6,8-10,15H,4-5,7H2,1-3H3,(H,16,17). The highest BCUT2D eigenvalue weighted by Gasteiger charge is 2.31. The second kappa shape index (κ2) is 5.88. The first-order valence-corrected chi connectivity index (χ1v) is 7.40. The fourth-order valence-corrected chi connectivity index (χ4v) is 2.50. The molecular formula is C13H21N3O2S. The predicted octanol–water partition coefficient (Wildman–Crippen LogP) is 2.29. The van der Waals surface area contributed by atoms with Crippen molar-refractivity contribution >= 4 is 17.4 Å². The van der Waals surface area contributed by atoms with Gasteiger partial charge in [-0.3, -0.25) is 4.98 Å². The number of ether oxygens (including phenoxy) is 1. The second-order valence-electron chi connectivity index (χ2n) is 5.86. The summed E-state index contributed by atoms with van der Waals surface area (Å²) in [6, 6.07) is 0.704. The van der Waals surface area contributed by atoms with Gasteiger partial charge in [-0.2, -0.15) is 0 Å². The van der Waals surface area contributed by atoms with Crippen LogP contribution in [0, 0.1) is 0 Å². The third-order valence-corrected chi connectivity index (χ3v) is 3.69. The van der Waals surface area contributed by atoms with Crippen molar-refractivity contribution < 1.29 is 9.53 Å². The van der Waals surface area contributed by atoms with Gasteiger partial charge < -0.3 is 15.4 Å². The van der Waals surface area contributed by atoms with Crippen molar-refractivity contribution in [3.05, 3.63) is 16.6 Å². The Kier molecular flexibility index (Phi) is 4.42. The van der Waals surface area contributed by atoms with Gasteiger partial charge >= 0.3 is 6.09 Å². The van der Waals surface area contributed by atoms with Crippen molar-refractivity contribution in [1.82, 2.24) is 15.6 Å². The lowest BCUT2D eigenvalue weighted by Crippen LogP contribution is -2.52. The van der Waals surface area contributed by atoms with Gasteiger partial charge in [-0.15, -0.1) is 11.3 Å². The van der Waals surface area contributed by atoms with E-state index in [0.717, 1.165) is 19.4 Å². The first-order valence-electron chi connectivity index (χ1n) is 6.52. The SMILES string of the molecule is CC(C)(C)OC(=O)NC1CC(NCc2cncs2)C1. The highest BCUT2D eigenvalue weighted by atomic mass is 32.1. The van der Waals surface area contributed by atoms with E-state index in [-0.39, 0.29) is 12.1 Å². The van der Waals surface area contributed by atoms with Crippen LogP contribution in [-0.2, 0) is 11.3 Å². The summed E-state index contributed by atoms with van der Waals surface area (Å²) in [5, 5.41) is 6.34. The molecule has 0 atom stereocenters. The van der Waals surface area contributed by atoms with Crippen molar-refractivity contribution in [3.8, 4) is 0 Å². The molecule has 2 rings (SSSR count). The molecule has 1 saturated carbocycles. The summed E-state index contributed by atoms with van der Waals surface area (Å²) in [5.41, 5.74) is 1.41. The van der Waals surface area contributed by atoms with Crippen LogP contribution in [0.5, 0.6) is 0 Å². The molecule has 2 N–H and O–H groups in total. The van der Waals surface area contributed by atoms with Crippen LogP contribution in [0.25, 0.3) is 0 Å². The number of carbonyl (C=O) groups is 1. The number of aromatic nitrogens is 1. The maximum Gasteiger partial charge on any atom is 0.407 e. The number of amides is 1. The average molecular weight is 283 g/mol. The van der Waals surface area contributed by atoms with Crippen molar-refractivity contribution in [2.45, 2.75) is 57.8 Å². The molecule has 1 aromatic heterocycles. The molecule has 1 fully saturated rings. The van der Waals surface area contributed by atoms with Crippen LogP contribution < -0.4 is 10.6 Å². The fourth-order valence-electron chi connectivity index (χ4n) is 1.95. The van der Waals surface area contributed by atoms with Crippen molar-refractivity contribution in [3.63, 3.8) is 0 Å². The molecule has 0 spiro atoms. The van der Waals surface area contributed by atoms with Gasteiger partial charge in [0, 0.05) is 29.7 Å². The smallest absolute Gasteiger partial charge is 0.407 e. The quantitative estimate of drug-likeness (QED) is 0.890. The molecule has 0 aliphatic heterocycles. The highest BCUT2D eigenvalue weighted by molar-refractivity contribution is 7.09. The first-order chi connectivity index (χ1) is 8.92. The Labute approximate surface area is 117 Å². The first kappa shape index (κ1) is 14.3. The number of carbonyl (C=O) groups excluding carboxylic acids is 1. The summed E-state index contributed by atoms with van der Waals surface area (Å²) in [7, 11) is 0. The van der Waals surface area contributed by atoms with Crippen LogP contribution in [0.1, 0.15) is 38.5 Å². The molecule has 1 heterocycles. The number of alkyl carbamates (subject to hydrolysis) is 1. The van der Waals surface area contributed by atoms with Crippen LogP contribution >= 0.6 is 11.3 Å². The second-order valence-corrected chi connectivity index (χ2v) is 6.83. The van der Waals surface area contributed by atoms with Gasteiger partial charge in [0.15, 0.2) is 0 Å². The Bertz CT molecular complexity index is 408. The van der Waals surface area contributed by atoms with Crippen LogP contribution in [0.15, 0.2) is 11.7 Å². The Morgan fingerprint density at radius 3 is 2.79 bits per heavy atom. The van der Waals surface area contributed by atoms with Gasteiger partial charge in [0.1, 0.15) is 5.60 Å². The zero-order chi connectivity index (χ0) is 13.9. The molecular weight excluding hydrogens is 262 g/mol. The van der Waals surface area contributed by atoms with Gasteiger partial charge in [-0.25, -0.2) is 4.79 Å². The average Bonchev–Trinajstić information content (AvgIpc) is 2.71. The molecule has 1 aliphatic carbocycles. The maximum absolute atomic E-state index is 11.6. The molecule has 0 aromatic carbocycles. The van der Waals surface area contributed by atoms with Crippen LogP contribution in [0.3, 0.4) is 0 Å². The molecule has 1 amide bonds. The van der Waals surface area contributed by atoms with Crippen molar-refractivity contribution in [2.24, 2.45) is 0 Å². The Morgan fingerprint density at radius 1 is 1.47 bits per heavy atom. The Hall–Kier alpha value is -1.14. The zero-order valence-electron chi connectivity index (χ0n) is 11.6. The lowest BCUT2D eigenvalue weighted by atomic mass is 9.87. The topological polar surface area (TPSA) is 63.2 Å². The van der Waals surface area contributed by atoms with E-state index < -0.39 is 5.60 Å². The lowest BCUT2D eigenvalue weighted by molar-refractivity contribution is 0.0465. The third kappa shape index (κ3) is 4.80. The van der Waals surface area contributed by atoms with Gasteiger partial charge in [0.2, 0.25) is 0 Å². The molecule has 106 valence electrons. The largest absolute Gasteiger partial charge is 0.444 e. The molecule has 6 heteroatoms. The lowest BCUT2D eigenvalue weighted by Gasteiger charge is -2.36. The van der Waals surface area contributed by atoms with E-state index >= 15 is 0 Å². The van der Waals surface area contributed by atoms with Gasteiger partial charge in [-0.05, 0) is 33.6 Å². The van der Waals surface area contributed by atoms with Gasteiger partial charge in [-0.1, -0.05) is 0 Å². The highest BCUT2D eigenvalue weighted by Crippen LogP contribution is 2.21. The summed E-state index contributed by atoms with van der Waals surface area (Å²) in [5.74, 6) is 0. The maximum atomic E-state index is 11.6. The van der Waals surface area contributed by atoms with E-state index in [1.165, 1.54) is 4.88 Å². The Morgan fingerprint density at radius 2 is 2.21 bits per heavy atom. The third-order valence-electron chi connectivity index (χ3n) is 2.91. The molecule has 0 saturated heterocycles. The number of nitrogens with one attached hydrogen (secondary N) is 2. The van der Waals surface area contributed by atoms with E-state index in [1.54, 1.807) is 11.3 Å². The summed E-state index contributed by atoms with van der Waals surface area (Å²) in [4.78, 5) is 16.8. The summed E-state index contributed by atoms with van der Waals surface area (Å²) in [6.45, 7) is 6.46. The summed E-state index contributed by atoms with van der Waals surface area (Å²) in [6.07, 6.45) is 3.47. The molecule has 0 unspecified atom stereocenters. The minimum Gasteiger partial charge on any atom is -0.444 e. The van der Waals surface area contributed by atoms with Crippen LogP contribution in [-0.4, -0.2) is 28.8 Å². The van der Waals surface area contributed by atoms with E-state index in [0.29, 0.717) is 6.04 Å². The number of thiazole rings is 1. The molecule has 1 aromatic rings. The van der Waals surface area contributed by atoms with E-state index in [2.05, 4.69) is 15.6 Å². The minimum absolute atomic E-state index is 0.230. The molecule has 0 radical (unpaired) electrons. The van der Waals surface area contributed by atoms with E-state index in [1.807, 2.05) is 32.5 Å².